The summed E-state index contributed by atoms with van der Waals surface area (Å²) in [6.07, 6.45) is 4.52. The zero-order valence-electron chi connectivity index (χ0n) is 14.2. The summed E-state index contributed by atoms with van der Waals surface area (Å²) in [5.74, 6) is 0.591. The third kappa shape index (κ3) is 4.52. The highest BCUT2D eigenvalue weighted by Gasteiger charge is 2.23. The first-order valence-corrected chi connectivity index (χ1v) is 8.28. The zero-order chi connectivity index (χ0) is 17.5. The summed E-state index contributed by atoms with van der Waals surface area (Å²) in [5.41, 5.74) is 1.44. The Morgan fingerprint density at radius 1 is 1.28 bits per heavy atom. The SMILES string of the molecule is COc1ccc(C(CNC(=O)c2cnccn2)N2CCOCC2)cc1. The van der Waals surface area contributed by atoms with Crippen molar-refractivity contribution in [1.82, 2.24) is 20.2 Å². The van der Waals surface area contributed by atoms with Crippen molar-refractivity contribution < 1.29 is 14.3 Å². The Balaban J connectivity index is 1.72. The number of morpholine rings is 1. The van der Waals surface area contributed by atoms with Crippen LogP contribution in [0.15, 0.2) is 42.9 Å². The number of nitrogens with zero attached hydrogens (tertiary/aromatic N) is 3. The van der Waals surface area contributed by atoms with Gasteiger partial charge in [-0.15, -0.1) is 0 Å². The van der Waals surface area contributed by atoms with Gasteiger partial charge < -0.3 is 14.8 Å². The number of carbonyl (C=O) groups excluding carboxylic acids is 1. The lowest BCUT2D eigenvalue weighted by molar-refractivity contribution is 0.0162. The van der Waals surface area contributed by atoms with E-state index in [1.54, 1.807) is 13.3 Å². The number of nitrogens with one attached hydrogen (secondary N) is 1. The van der Waals surface area contributed by atoms with Crippen molar-refractivity contribution >= 4 is 5.91 Å². The average Bonchev–Trinajstić information content (AvgIpc) is 2.70. The van der Waals surface area contributed by atoms with E-state index in [1.807, 2.05) is 24.3 Å². The second kappa shape index (κ2) is 8.55. The van der Waals surface area contributed by atoms with E-state index in [-0.39, 0.29) is 11.9 Å². The van der Waals surface area contributed by atoms with E-state index < -0.39 is 0 Å². The van der Waals surface area contributed by atoms with Gasteiger partial charge in [0.15, 0.2) is 0 Å². The summed E-state index contributed by atoms with van der Waals surface area (Å²) in [7, 11) is 1.65. The lowest BCUT2D eigenvalue weighted by atomic mass is 10.0. The number of aromatic nitrogens is 2. The molecular weight excluding hydrogens is 320 g/mol. The highest BCUT2D eigenvalue weighted by molar-refractivity contribution is 5.91. The molecule has 1 fully saturated rings. The minimum atomic E-state index is -0.222. The van der Waals surface area contributed by atoms with Crippen LogP contribution in [-0.2, 0) is 4.74 Å². The van der Waals surface area contributed by atoms with Crippen LogP contribution in [0.5, 0.6) is 5.75 Å². The molecule has 2 aromatic rings. The molecule has 7 nitrogen and oxygen atoms in total. The van der Waals surface area contributed by atoms with Gasteiger partial charge in [0, 0.05) is 32.0 Å². The number of hydrogen-bond acceptors (Lipinski definition) is 6. The molecule has 0 bridgehead atoms. The molecule has 2 heterocycles. The molecule has 1 aromatic heterocycles. The summed E-state index contributed by atoms with van der Waals surface area (Å²) < 4.78 is 10.7. The van der Waals surface area contributed by atoms with Crippen molar-refractivity contribution in [1.29, 1.82) is 0 Å². The van der Waals surface area contributed by atoms with Gasteiger partial charge in [-0.1, -0.05) is 12.1 Å². The number of ether oxygens (including phenoxy) is 2. The largest absolute Gasteiger partial charge is 0.497 e. The van der Waals surface area contributed by atoms with Gasteiger partial charge >= 0.3 is 0 Å². The van der Waals surface area contributed by atoms with Crippen LogP contribution in [0.4, 0.5) is 0 Å². The second-order valence-corrected chi connectivity index (χ2v) is 5.74. The Labute approximate surface area is 147 Å². The predicted octanol–water partition coefficient (Wildman–Crippen LogP) is 1.29. The van der Waals surface area contributed by atoms with Crippen molar-refractivity contribution in [3.05, 3.63) is 54.1 Å². The summed E-state index contributed by atoms with van der Waals surface area (Å²) >= 11 is 0. The van der Waals surface area contributed by atoms with E-state index in [2.05, 4.69) is 20.2 Å². The third-order valence-electron chi connectivity index (χ3n) is 4.24. The van der Waals surface area contributed by atoms with E-state index in [1.165, 1.54) is 12.4 Å². The number of rotatable bonds is 6. The van der Waals surface area contributed by atoms with Crippen LogP contribution in [0.1, 0.15) is 22.1 Å². The Hall–Kier alpha value is -2.51. The van der Waals surface area contributed by atoms with Crippen LogP contribution < -0.4 is 10.1 Å². The molecule has 1 aromatic carbocycles. The lowest BCUT2D eigenvalue weighted by Gasteiger charge is -2.35. The molecule has 1 amide bonds. The van der Waals surface area contributed by atoms with Crippen molar-refractivity contribution in [2.24, 2.45) is 0 Å². The molecular formula is C18H22N4O3. The van der Waals surface area contributed by atoms with E-state index in [4.69, 9.17) is 9.47 Å². The summed E-state index contributed by atoms with van der Waals surface area (Å²) in [4.78, 5) is 22.6. The summed E-state index contributed by atoms with van der Waals surface area (Å²) in [6.45, 7) is 3.55. The Kier molecular flexibility index (Phi) is 5.92. The summed E-state index contributed by atoms with van der Waals surface area (Å²) in [6, 6.07) is 8.01. The fourth-order valence-electron chi connectivity index (χ4n) is 2.87. The van der Waals surface area contributed by atoms with Crippen LogP contribution in [0.3, 0.4) is 0 Å². The molecule has 1 N–H and O–H groups in total. The smallest absolute Gasteiger partial charge is 0.271 e. The molecule has 132 valence electrons. The van der Waals surface area contributed by atoms with E-state index in [9.17, 15) is 4.79 Å². The molecule has 0 saturated carbocycles. The fraction of sp³-hybridized carbons (Fsp3) is 0.389. The maximum atomic E-state index is 12.3. The Morgan fingerprint density at radius 2 is 2.04 bits per heavy atom. The van der Waals surface area contributed by atoms with Gasteiger partial charge in [-0.2, -0.15) is 0 Å². The standard InChI is InChI=1S/C18H22N4O3/c1-24-15-4-2-14(3-5-15)17(22-8-10-25-11-9-22)13-21-18(23)16-12-19-6-7-20-16/h2-7,12,17H,8-11,13H2,1H3,(H,21,23). The van der Waals surface area contributed by atoms with Crippen LogP contribution >= 0.6 is 0 Å². The normalized spacial score (nSPS) is 16.2. The maximum Gasteiger partial charge on any atom is 0.271 e. The Bertz CT molecular complexity index is 672. The first-order chi connectivity index (χ1) is 12.3. The molecule has 1 aliphatic rings. The lowest BCUT2D eigenvalue weighted by Crippen LogP contribution is -2.43. The first kappa shape index (κ1) is 17.3. The van der Waals surface area contributed by atoms with Gasteiger partial charge in [0.1, 0.15) is 11.4 Å². The van der Waals surface area contributed by atoms with Crippen molar-refractivity contribution in [3.8, 4) is 5.75 Å². The van der Waals surface area contributed by atoms with Gasteiger partial charge in [-0.25, -0.2) is 4.98 Å². The number of amides is 1. The molecule has 25 heavy (non-hydrogen) atoms. The van der Waals surface area contributed by atoms with Crippen LogP contribution in [0.25, 0.3) is 0 Å². The molecule has 0 spiro atoms. The molecule has 7 heteroatoms. The van der Waals surface area contributed by atoms with Crippen LogP contribution in [0.2, 0.25) is 0 Å². The van der Waals surface area contributed by atoms with Crippen molar-refractivity contribution in [2.75, 3.05) is 40.0 Å². The third-order valence-corrected chi connectivity index (χ3v) is 4.24. The van der Waals surface area contributed by atoms with Gasteiger partial charge in [-0.3, -0.25) is 14.7 Å². The van der Waals surface area contributed by atoms with E-state index in [0.29, 0.717) is 25.5 Å². The number of benzene rings is 1. The predicted molar refractivity (Wildman–Crippen MR) is 92.5 cm³/mol. The zero-order valence-corrected chi connectivity index (χ0v) is 14.2. The van der Waals surface area contributed by atoms with Crippen molar-refractivity contribution in [3.63, 3.8) is 0 Å². The molecule has 1 atom stereocenters. The van der Waals surface area contributed by atoms with Gasteiger partial charge in [0.05, 0.1) is 32.6 Å². The number of hydrogen-bond donors (Lipinski definition) is 1. The first-order valence-electron chi connectivity index (χ1n) is 8.28. The average molecular weight is 342 g/mol. The van der Waals surface area contributed by atoms with Crippen LogP contribution in [-0.4, -0.2) is 60.7 Å². The highest BCUT2D eigenvalue weighted by atomic mass is 16.5. The maximum absolute atomic E-state index is 12.3. The van der Waals surface area contributed by atoms with E-state index >= 15 is 0 Å². The fourth-order valence-corrected chi connectivity index (χ4v) is 2.87. The number of carbonyl (C=O) groups is 1. The molecule has 3 rings (SSSR count). The van der Waals surface area contributed by atoms with Crippen molar-refractivity contribution in [2.45, 2.75) is 6.04 Å². The minimum absolute atomic E-state index is 0.0652. The van der Waals surface area contributed by atoms with Crippen LogP contribution in [0, 0.1) is 0 Å². The molecule has 0 radical (unpaired) electrons. The molecule has 1 unspecified atom stereocenters. The minimum Gasteiger partial charge on any atom is -0.497 e. The topological polar surface area (TPSA) is 76.6 Å². The number of methoxy groups -OCH3 is 1. The van der Waals surface area contributed by atoms with Gasteiger partial charge in [-0.05, 0) is 17.7 Å². The molecule has 0 aliphatic carbocycles. The molecule has 1 aliphatic heterocycles. The highest BCUT2D eigenvalue weighted by Crippen LogP contribution is 2.23. The quantitative estimate of drug-likeness (QED) is 0.852. The second-order valence-electron chi connectivity index (χ2n) is 5.74. The molecule has 1 saturated heterocycles. The van der Waals surface area contributed by atoms with Gasteiger partial charge in [0.25, 0.3) is 5.91 Å². The Morgan fingerprint density at radius 3 is 2.68 bits per heavy atom. The van der Waals surface area contributed by atoms with Gasteiger partial charge in [0.2, 0.25) is 0 Å². The summed E-state index contributed by atoms with van der Waals surface area (Å²) in [5, 5.41) is 2.97. The van der Waals surface area contributed by atoms with E-state index in [0.717, 1.165) is 24.4 Å². The monoisotopic (exact) mass is 342 g/mol.